The molecule has 0 aliphatic heterocycles. The number of unbranched alkanes of at least 4 members (excludes halogenated alkanes) is 2. The van der Waals surface area contributed by atoms with Gasteiger partial charge < -0.3 is 9.47 Å². The molecule has 0 aromatic heterocycles. The van der Waals surface area contributed by atoms with Crippen LogP contribution in [0.15, 0.2) is 0 Å². The number of ether oxygens (including phenoxy) is 2. The third kappa shape index (κ3) is 13.2. The van der Waals surface area contributed by atoms with E-state index in [1.807, 2.05) is 13.8 Å². The van der Waals surface area contributed by atoms with Crippen molar-refractivity contribution in [2.24, 2.45) is 11.8 Å². The Morgan fingerprint density at radius 3 is 1.27 bits per heavy atom. The largest absolute Gasteiger partial charge is 0.351 e. The molecule has 0 radical (unpaired) electrons. The van der Waals surface area contributed by atoms with Crippen LogP contribution in [0.1, 0.15) is 106 Å². The summed E-state index contributed by atoms with van der Waals surface area (Å²) >= 11 is 0. The molecule has 0 saturated carbocycles. The Balaban J connectivity index is 4.48. The molecule has 4 unspecified atom stereocenters. The minimum atomic E-state index is -0.876. The number of hydrogen-bond acceptors (Lipinski definition) is 6. The molecule has 0 rings (SSSR count). The van der Waals surface area contributed by atoms with Gasteiger partial charge in [0.25, 0.3) is 0 Å². The van der Waals surface area contributed by atoms with Gasteiger partial charge in [0.05, 0.1) is 13.2 Å². The maximum Gasteiger partial charge on any atom is 0.198 e. The van der Waals surface area contributed by atoms with Crippen molar-refractivity contribution >= 4 is 0 Å². The molecule has 4 atom stereocenters. The standard InChI is InChI=1S/C24H50O6/c1-9-13-15-21(11-3)19-27-29-23(5,25-7)17-18-24(6,26-8)30-28-20-22(12-4)16-14-10-2/h21-22H,9-20H2,1-8H3. The van der Waals surface area contributed by atoms with E-state index in [2.05, 4.69) is 27.7 Å². The van der Waals surface area contributed by atoms with Gasteiger partial charge in [0.2, 0.25) is 0 Å². The van der Waals surface area contributed by atoms with Gasteiger partial charge in [-0.25, -0.2) is 19.6 Å². The second-order valence-corrected chi connectivity index (χ2v) is 8.74. The van der Waals surface area contributed by atoms with Crippen LogP contribution in [-0.4, -0.2) is 39.0 Å². The maximum absolute atomic E-state index is 5.66. The zero-order valence-corrected chi connectivity index (χ0v) is 21.1. The molecule has 6 heteroatoms. The van der Waals surface area contributed by atoms with Crippen LogP contribution in [0.4, 0.5) is 0 Å². The number of hydrogen-bond donors (Lipinski definition) is 0. The Labute approximate surface area is 186 Å². The average Bonchev–Trinajstić information content (AvgIpc) is 2.77. The molecule has 0 amide bonds. The topological polar surface area (TPSA) is 55.4 Å². The summed E-state index contributed by atoms with van der Waals surface area (Å²) in [5.41, 5.74) is 0. The third-order valence-electron chi connectivity index (χ3n) is 6.06. The first-order valence-electron chi connectivity index (χ1n) is 12.0. The SMILES string of the molecule is CCCCC(CC)COOC(C)(CCC(C)(OC)OOCC(CC)CCCC)OC. The van der Waals surface area contributed by atoms with Gasteiger partial charge in [0.15, 0.2) is 11.6 Å². The van der Waals surface area contributed by atoms with E-state index in [1.54, 1.807) is 14.2 Å². The van der Waals surface area contributed by atoms with Gasteiger partial charge >= 0.3 is 0 Å². The van der Waals surface area contributed by atoms with Crippen molar-refractivity contribution in [3.8, 4) is 0 Å². The molecule has 0 bridgehead atoms. The van der Waals surface area contributed by atoms with Gasteiger partial charge in [-0.05, 0) is 38.5 Å². The Bertz CT molecular complexity index is 358. The highest BCUT2D eigenvalue weighted by atomic mass is 17.2. The van der Waals surface area contributed by atoms with E-state index >= 15 is 0 Å². The van der Waals surface area contributed by atoms with Crippen LogP contribution >= 0.6 is 0 Å². The predicted molar refractivity (Wildman–Crippen MR) is 121 cm³/mol. The van der Waals surface area contributed by atoms with E-state index in [-0.39, 0.29) is 0 Å². The van der Waals surface area contributed by atoms with E-state index in [9.17, 15) is 0 Å². The van der Waals surface area contributed by atoms with Crippen LogP contribution in [0.25, 0.3) is 0 Å². The van der Waals surface area contributed by atoms with Gasteiger partial charge in [-0.2, -0.15) is 0 Å². The van der Waals surface area contributed by atoms with E-state index in [0.717, 1.165) is 25.7 Å². The minimum Gasteiger partial charge on any atom is -0.351 e. The second-order valence-electron chi connectivity index (χ2n) is 8.74. The summed E-state index contributed by atoms with van der Waals surface area (Å²) in [7, 11) is 3.25. The summed E-state index contributed by atoms with van der Waals surface area (Å²) in [5, 5.41) is 0. The maximum atomic E-state index is 5.66. The fourth-order valence-corrected chi connectivity index (χ4v) is 3.12. The molecule has 0 aliphatic carbocycles. The van der Waals surface area contributed by atoms with Crippen LogP contribution < -0.4 is 0 Å². The Morgan fingerprint density at radius 2 is 1.00 bits per heavy atom. The summed E-state index contributed by atoms with van der Waals surface area (Å²) in [6.07, 6.45) is 10.4. The molecule has 0 spiro atoms. The van der Waals surface area contributed by atoms with Crippen molar-refractivity contribution in [3.63, 3.8) is 0 Å². The summed E-state index contributed by atoms with van der Waals surface area (Å²) in [6, 6.07) is 0. The molecule has 0 aromatic carbocycles. The smallest absolute Gasteiger partial charge is 0.198 e. The quantitative estimate of drug-likeness (QED) is 0.112. The highest BCUT2D eigenvalue weighted by Crippen LogP contribution is 2.28. The van der Waals surface area contributed by atoms with E-state index in [4.69, 9.17) is 29.0 Å². The molecule has 0 fully saturated rings. The molecular weight excluding hydrogens is 384 g/mol. The van der Waals surface area contributed by atoms with E-state index in [0.29, 0.717) is 37.9 Å². The van der Waals surface area contributed by atoms with Crippen molar-refractivity contribution < 1.29 is 29.0 Å². The highest BCUT2D eigenvalue weighted by Gasteiger charge is 2.34. The lowest BCUT2D eigenvalue weighted by Crippen LogP contribution is -2.38. The number of rotatable bonds is 21. The lowest BCUT2D eigenvalue weighted by molar-refractivity contribution is -0.443. The minimum absolute atomic E-state index is 0.506. The number of methoxy groups -OCH3 is 2. The van der Waals surface area contributed by atoms with Crippen LogP contribution in [0.3, 0.4) is 0 Å². The second kappa shape index (κ2) is 17.3. The monoisotopic (exact) mass is 434 g/mol. The summed E-state index contributed by atoms with van der Waals surface area (Å²) in [5.74, 6) is -0.740. The fraction of sp³-hybridized carbons (Fsp3) is 1.00. The predicted octanol–water partition coefficient (Wildman–Crippen LogP) is 6.82. The lowest BCUT2D eigenvalue weighted by Gasteiger charge is -2.32. The van der Waals surface area contributed by atoms with Gasteiger partial charge in [-0.3, -0.25) is 0 Å². The van der Waals surface area contributed by atoms with Crippen LogP contribution in [0.5, 0.6) is 0 Å². The first-order valence-corrected chi connectivity index (χ1v) is 12.0. The van der Waals surface area contributed by atoms with Crippen molar-refractivity contribution in [2.45, 2.75) is 117 Å². The lowest BCUT2D eigenvalue weighted by atomic mass is 10.0. The Kier molecular flexibility index (Phi) is 17.2. The average molecular weight is 435 g/mol. The van der Waals surface area contributed by atoms with Crippen LogP contribution in [0.2, 0.25) is 0 Å². The first kappa shape index (κ1) is 29.8. The molecule has 6 nitrogen and oxygen atoms in total. The normalized spacial score (nSPS) is 18.0. The summed E-state index contributed by atoms with van der Waals surface area (Å²) in [6.45, 7) is 13.7. The van der Waals surface area contributed by atoms with Gasteiger partial charge in [-0.15, -0.1) is 0 Å². The molecule has 0 saturated heterocycles. The molecule has 182 valence electrons. The van der Waals surface area contributed by atoms with Gasteiger partial charge in [0.1, 0.15) is 0 Å². The summed E-state index contributed by atoms with van der Waals surface area (Å²) in [4.78, 5) is 22.5. The van der Waals surface area contributed by atoms with Crippen molar-refractivity contribution in [1.82, 2.24) is 0 Å². The van der Waals surface area contributed by atoms with Gasteiger partial charge in [-0.1, -0.05) is 66.2 Å². The van der Waals surface area contributed by atoms with Crippen molar-refractivity contribution in [3.05, 3.63) is 0 Å². The summed E-state index contributed by atoms with van der Waals surface area (Å²) < 4.78 is 11.2. The molecular formula is C24H50O6. The van der Waals surface area contributed by atoms with Crippen molar-refractivity contribution in [1.29, 1.82) is 0 Å². The third-order valence-corrected chi connectivity index (χ3v) is 6.06. The van der Waals surface area contributed by atoms with E-state index < -0.39 is 11.6 Å². The van der Waals surface area contributed by atoms with Gasteiger partial charge in [0, 0.05) is 27.1 Å². The zero-order chi connectivity index (χ0) is 22.9. The molecule has 30 heavy (non-hydrogen) atoms. The van der Waals surface area contributed by atoms with Crippen molar-refractivity contribution in [2.75, 3.05) is 27.4 Å². The first-order chi connectivity index (χ1) is 14.3. The molecule has 0 N–H and O–H groups in total. The Morgan fingerprint density at radius 1 is 0.633 bits per heavy atom. The highest BCUT2D eigenvalue weighted by molar-refractivity contribution is 4.69. The van der Waals surface area contributed by atoms with Crippen LogP contribution in [-0.2, 0) is 29.0 Å². The molecule has 0 heterocycles. The fourth-order valence-electron chi connectivity index (χ4n) is 3.12. The van der Waals surface area contributed by atoms with Crippen LogP contribution in [0, 0.1) is 11.8 Å². The Hall–Kier alpha value is -0.240. The molecule has 0 aromatic rings. The zero-order valence-electron chi connectivity index (χ0n) is 21.1. The molecule has 0 aliphatic rings. The van der Waals surface area contributed by atoms with E-state index in [1.165, 1.54) is 25.7 Å².